The van der Waals surface area contributed by atoms with Crippen molar-refractivity contribution < 1.29 is 14.3 Å². The minimum Gasteiger partial charge on any atom is -0.505 e. The Hall–Kier alpha value is -2.74. The van der Waals surface area contributed by atoms with Crippen molar-refractivity contribution in [2.24, 2.45) is 0 Å². The monoisotopic (exact) mass is 509 g/mol. The fraction of sp³-hybridized carbons (Fsp3) is 0.414. The van der Waals surface area contributed by atoms with Crippen LogP contribution in [0.3, 0.4) is 0 Å². The van der Waals surface area contributed by atoms with Crippen LogP contribution in [0.25, 0.3) is 0 Å². The second-order valence-electron chi connectivity index (χ2n) is 10.1. The molecule has 0 radical (unpaired) electrons. The number of phenols is 1. The quantitative estimate of drug-likeness (QED) is 0.420. The van der Waals surface area contributed by atoms with Gasteiger partial charge in [-0.3, -0.25) is 14.6 Å². The van der Waals surface area contributed by atoms with Crippen LogP contribution in [0.5, 0.6) is 5.75 Å². The van der Waals surface area contributed by atoms with Crippen LogP contribution >= 0.6 is 11.3 Å². The third-order valence-electron chi connectivity index (χ3n) is 6.86. The summed E-state index contributed by atoms with van der Waals surface area (Å²) in [6, 6.07) is 14.6. The van der Waals surface area contributed by atoms with Crippen LogP contribution in [0.4, 0.5) is 4.39 Å². The van der Waals surface area contributed by atoms with E-state index in [-0.39, 0.29) is 29.8 Å². The Morgan fingerprint density at radius 2 is 1.61 bits per heavy atom. The van der Waals surface area contributed by atoms with E-state index in [1.165, 1.54) is 17.7 Å². The maximum absolute atomic E-state index is 13.9. The summed E-state index contributed by atoms with van der Waals surface area (Å²) in [5.41, 5.74) is 3.85. The predicted octanol–water partition coefficient (Wildman–Crippen LogP) is 5.76. The number of benzene rings is 2. The Balaban J connectivity index is 1.57. The number of rotatable bonds is 8. The number of thiophene rings is 1. The van der Waals surface area contributed by atoms with Gasteiger partial charge >= 0.3 is 0 Å². The molecule has 0 aliphatic carbocycles. The number of aromatic hydroxyl groups is 1. The minimum atomic E-state index is -0.624. The molecule has 4 rings (SSSR count). The number of phenolic OH excluding ortho intramolecular Hbond substituents is 1. The van der Waals surface area contributed by atoms with Gasteiger partial charge in [0.2, 0.25) is 0 Å². The molecule has 7 heteroatoms. The fourth-order valence-electron chi connectivity index (χ4n) is 5.16. The van der Waals surface area contributed by atoms with E-state index in [1.54, 1.807) is 17.4 Å². The van der Waals surface area contributed by atoms with Crippen LogP contribution in [-0.2, 0) is 6.54 Å². The van der Waals surface area contributed by atoms with E-state index in [0.29, 0.717) is 5.56 Å². The average molecular weight is 510 g/mol. The van der Waals surface area contributed by atoms with Crippen LogP contribution in [0.2, 0.25) is 0 Å². The van der Waals surface area contributed by atoms with Crippen molar-refractivity contribution in [1.29, 1.82) is 0 Å². The van der Waals surface area contributed by atoms with E-state index in [0.717, 1.165) is 43.9 Å². The van der Waals surface area contributed by atoms with Crippen LogP contribution in [0.15, 0.2) is 59.3 Å². The highest BCUT2D eigenvalue weighted by Crippen LogP contribution is 2.33. The lowest BCUT2D eigenvalue weighted by Crippen LogP contribution is -2.47. The molecule has 1 saturated heterocycles. The van der Waals surface area contributed by atoms with Crippen LogP contribution in [-0.4, -0.2) is 64.0 Å². The standard InChI is InChI=1S/C29H36FN3O2S/c1-20(2)33(21(3)4)29(35)24-7-5-23(6-8-24)28(25-9-10-26(30)27(34)17-25)32-14-12-31(13-15-32)18-22-11-16-36-19-22/h5-11,16-17,19-21,28,34H,12-15,18H2,1-4H3. The zero-order chi connectivity index (χ0) is 25.8. The summed E-state index contributed by atoms with van der Waals surface area (Å²) in [5.74, 6) is -0.948. The predicted molar refractivity (Wildman–Crippen MR) is 144 cm³/mol. The number of piperazine rings is 1. The van der Waals surface area contributed by atoms with E-state index in [1.807, 2.05) is 56.9 Å². The summed E-state index contributed by atoms with van der Waals surface area (Å²) >= 11 is 1.72. The first-order chi connectivity index (χ1) is 17.2. The number of carbonyl (C=O) groups is 1. The van der Waals surface area contributed by atoms with Gasteiger partial charge in [-0.05, 0) is 85.5 Å². The van der Waals surface area contributed by atoms with Gasteiger partial charge in [-0.1, -0.05) is 18.2 Å². The van der Waals surface area contributed by atoms with Crippen molar-refractivity contribution in [3.05, 3.63) is 87.4 Å². The van der Waals surface area contributed by atoms with Gasteiger partial charge in [-0.25, -0.2) is 4.39 Å². The van der Waals surface area contributed by atoms with Gasteiger partial charge in [0.15, 0.2) is 11.6 Å². The summed E-state index contributed by atoms with van der Waals surface area (Å²) in [5, 5.41) is 14.4. The van der Waals surface area contributed by atoms with E-state index in [2.05, 4.69) is 26.6 Å². The number of amides is 1. The van der Waals surface area contributed by atoms with Crippen molar-refractivity contribution >= 4 is 17.2 Å². The van der Waals surface area contributed by atoms with Crippen LogP contribution in [0.1, 0.15) is 60.8 Å². The molecule has 3 aromatic rings. The molecule has 1 N–H and O–H groups in total. The molecule has 1 aromatic heterocycles. The number of hydrogen-bond acceptors (Lipinski definition) is 5. The maximum atomic E-state index is 13.9. The molecular formula is C29H36FN3O2S. The molecule has 1 amide bonds. The van der Waals surface area contributed by atoms with Crippen LogP contribution in [0, 0.1) is 5.82 Å². The molecule has 1 unspecified atom stereocenters. The summed E-state index contributed by atoms with van der Waals surface area (Å²) in [4.78, 5) is 19.9. The van der Waals surface area contributed by atoms with Gasteiger partial charge in [-0.15, -0.1) is 0 Å². The first kappa shape index (κ1) is 26.3. The lowest BCUT2D eigenvalue weighted by Gasteiger charge is -2.40. The molecular weight excluding hydrogens is 473 g/mol. The normalized spacial score (nSPS) is 16.0. The van der Waals surface area contributed by atoms with E-state index < -0.39 is 5.82 Å². The third kappa shape index (κ3) is 5.97. The molecule has 0 bridgehead atoms. The molecule has 0 spiro atoms. The summed E-state index contributed by atoms with van der Waals surface area (Å²) in [6.45, 7) is 12.6. The summed E-state index contributed by atoms with van der Waals surface area (Å²) in [7, 11) is 0. The molecule has 1 aliphatic heterocycles. The molecule has 192 valence electrons. The molecule has 1 atom stereocenters. The smallest absolute Gasteiger partial charge is 0.254 e. The van der Waals surface area contributed by atoms with Gasteiger partial charge in [0.05, 0.1) is 6.04 Å². The zero-order valence-corrected chi connectivity index (χ0v) is 22.3. The van der Waals surface area contributed by atoms with Crippen LogP contribution < -0.4 is 0 Å². The van der Waals surface area contributed by atoms with E-state index in [9.17, 15) is 14.3 Å². The SMILES string of the molecule is CC(C)N(C(=O)c1ccc(C(c2ccc(F)c(O)c2)N2CCN(Cc3ccsc3)CC2)cc1)C(C)C. The van der Waals surface area contributed by atoms with Crippen molar-refractivity contribution in [3.8, 4) is 5.75 Å². The molecule has 0 saturated carbocycles. The third-order valence-corrected chi connectivity index (χ3v) is 7.60. The second-order valence-corrected chi connectivity index (χ2v) is 10.9. The summed E-state index contributed by atoms with van der Waals surface area (Å²) < 4.78 is 13.9. The van der Waals surface area contributed by atoms with Crippen molar-refractivity contribution in [2.75, 3.05) is 26.2 Å². The molecule has 36 heavy (non-hydrogen) atoms. The molecule has 2 heterocycles. The van der Waals surface area contributed by atoms with Gasteiger partial charge in [-0.2, -0.15) is 11.3 Å². The van der Waals surface area contributed by atoms with Crippen molar-refractivity contribution in [2.45, 2.75) is 52.4 Å². The highest BCUT2D eigenvalue weighted by atomic mass is 32.1. The van der Waals surface area contributed by atoms with E-state index in [4.69, 9.17) is 0 Å². The van der Waals surface area contributed by atoms with Gasteiger partial charge < -0.3 is 10.0 Å². The average Bonchev–Trinajstić information content (AvgIpc) is 3.35. The Kier molecular flexibility index (Phi) is 8.44. The number of halogens is 1. The Bertz CT molecular complexity index is 1130. The van der Waals surface area contributed by atoms with Crippen molar-refractivity contribution in [3.63, 3.8) is 0 Å². The van der Waals surface area contributed by atoms with Crippen molar-refractivity contribution in [1.82, 2.24) is 14.7 Å². The highest BCUT2D eigenvalue weighted by Gasteiger charge is 2.28. The Morgan fingerprint density at radius 1 is 0.972 bits per heavy atom. The number of carbonyl (C=O) groups excluding carboxylic acids is 1. The largest absolute Gasteiger partial charge is 0.505 e. The highest BCUT2D eigenvalue weighted by molar-refractivity contribution is 7.07. The molecule has 1 aliphatic rings. The topological polar surface area (TPSA) is 47.0 Å². The first-order valence-electron chi connectivity index (χ1n) is 12.6. The first-order valence-corrected chi connectivity index (χ1v) is 13.6. The molecule has 1 fully saturated rings. The molecule has 5 nitrogen and oxygen atoms in total. The number of nitrogens with zero attached hydrogens (tertiary/aromatic N) is 3. The lowest BCUT2D eigenvalue weighted by atomic mass is 9.94. The number of hydrogen-bond donors (Lipinski definition) is 1. The molecule has 2 aromatic carbocycles. The fourth-order valence-corrected chi connectivity index (χ4v) is 5.82. The Labute approximate surface area is 217 Å². The Morgan fingerprint density at radius 3 is 2.17 bits per heavy atom. The maximum Gasteiger partial charge on any atom is 0.254 e. The zero-order valence-electron chi connectivity index (χ0n) is 21.5. The van der Waals surface area contributed by atoms with Gasteiger partial charge in [0.1, 0.15) is 0 Å². The van der Waals surface area contributed by atoms with Gasteiger partial charge in [0, 0.05) is 50.4 Å². The van der Waals surface area contributed by atoms with Gasteiger partial charge in [0.25, 0.3) is 5.91 Å². The minimum absolute atomic E-state index is 0.0181. The lowest BCUT2D eigenvalue weighted by molar-refractivity contribution is 0.0643. The summed E-state index contributed by atoms with van der Waals surface area (Å²) in [6.07, 6.45) is 0. The second kappa shape index (κ2) is 11.5. The van der Waals surface area contributed by atoms with E-state index >= 15 is 0 Å².